The Bertz CT molecular complexity index is 1280. The van der Waals surface area contributed by atoms with Gasteiger partial charge in [0.2, 0.25) is 6.17 Å². The summed E-state index contributed by atoms with van der Waals surface area (Å²) in [5.41, 5.74) is 3.95. The van der Waals surface area contributed by atoms with Crippen LogP contribution in [0.1, 0.15) is 16.7 Å². The van der Waals surface area contributed by atoms with Crippen molar-refractivity contribution in [2.45, 2.75) is 12.7 Å². The first-order chi connectivity index (χ1) is 16.9. The van der Waals surface area contributed by atoms with E-state index in [1.807, 2.05) is 60.7 Å². The van der Waals surface area contributed by atoms with Crippen LogP contribution in [0, 0.1) is 0 Å². The van der Waals surface area contributed by atoms with E-state index in [9.17, 15) is 4.79 Å². The summed E-state index contributed by atoms with van der Waals surface area (Å²) in [6, 6.07) is 20.7. The zero-order valence-electron chi connectivity index (χ0n) is 19.5. The number of hydrogen-bond acceptors (Lipinski definition) is 5. The topological polar surface area (TPSA) is 75.2 Å². The number of aliphatic imine (C=N–C) groups is 1. The van der Waals surface area contributed by atoms with Crippen molar-refractivity contribution in [3.8, 4) is 11.5 Å². The number of halogens is 1. The number of methoxy groups -OCH3 is 2. The van der Waals surface area contributed by atoms with Crippen LogP contribution in [0.5, 0.6) is 11.5 Å². The highest BCUT2D eigenvalue weighted by Crippen LogP contribution is 2.30. The fourth-order valence-corrected chi connectivity index (χ4v) is 4.17. The van der Waals surface area contributed by atoms with Gasteiger partial charge in [0, 0.05) is 29.7 Å². The van der Waals surface area contributed by atoms with E-state index in [0.717, 1.165) is 22.4 Å². The quantitative estimate of drug-likeness (QED) is 0.487. The van der Waals surface area contributed by atoms with Gasteiger partial charge in [-0.2, -0.15) is 0 Å². The highest BCUT2D eigenvalue weighted by atomic mass is 35.5. The number of anilines is 1. The van der Waals surface area contributed by atoms with Gasteiger partial charge in [0.25, 0.3) is 5.91 Å². The maximum absolute atomic E-state index is 13.3. The molecule has 0 aromatic heterocycles. The molecular weight excluding hydrogens is 484 g/mol. The molecule has 7 nitrogen and oxygen atoms in total. The molecule has 0 bridgehead atoms. The highest BCUT2D eigenvalue weighted by Gasteiger charge is 2.30. The molecule has 1 aliphatic rings. The number of ether oxygens (including phenoxy) is 2. The number of benzodiazepines with no additional fused rings is 1. The van der Waals surface area contributed by atoms with Crippen LogP contribution in [0.15, 0.2) is 71.7 Å². The average Bonchev–Trinajstić information content (AvgIpc) is 2.98. The smallest absolute Gasteiger partial charge is 0.272 e. The number of benzene rings is 3. The van der Waals surface area contributed by atoms with Crippen molar-refractivity contribution in [3.63, 3.8) is 0 Å². The van der Waals surface area contributed by atoms with Crippen LogP contribution in [-0.4, -0.2) is 44.2 Å². The minimum Gasteiger partial charge on any atom is -0.493 e. The summed E-state index contributed by atoms with van der Waals surface area (Å²) in [4.78, 5) is 19.7. The van der Waals surface area contributed by atoms with E-state index in [0.29, 0.717) is 33.9 Å². The van der Waals surface area contributed by atoms with E-state index in [2.05, 4.69) is 10.6 Å². The van der Waals surface area contributed by atoms with Gasteiger partial charge in [-0.25, -0.2) is 4.99 Å². The fraction of sp³-hybridized carbons (Fsp3) is 0.192. The summed E-state index contributed by atoms with van der Waals surface area (Å²) in [7, 11) is 4.89. The van der Waals surface area contributed by atoms with Crippen LogP contribution in [-0.2, 0) is 11.3 Å². The first kappa shape index (κ1) is 24.5. The molecule has 3 aromatic carbocycles. The number of thiocarbonyl (C=S) groups is 1. The Kier molecular flexibility index (Phi) is 7.53. The van der Waals surface area contributed by atoms with Crippen molar-refractivity contribution in [2.75, 3.05) is 26.2 Å². The molecule has 1 heterocycles. The molecule has 2 N–H and O–H groups in total. The van der Waals surface area contributed by atoms with Gasteiger partial charge in [0.05, 0.1) is 25.6 Å². The molecule has 1 unspecified atom stereocenters. The molecule has 9 heteroatoms. The molecule has 180 valence electrons. The lowest BCUT2D eigenvalue weighted by molar-refractivity contribution is -0.119. The minimum absolute atomic E-state index is 0.241. The molecule has 4 rings (SSSR count). The number of likely N-dealkylation sites (N-methyl/N-ethyl adjacent to an activating group) is 1. The molecular formula is C26H25ClN4O3S. The van der Waals surface area contributed by atoms with E-state index < -0.39 is 6.17 Å². The van der Waals surface area contributed by atoms with Gasteiger partial charge in [-0.3, -0.25) is 4.79 Å². The lowest BCUT2D eigenvalue weighted by Gasteiger charge is -2.22. The maximum Gasteiger partial charge on any atom is 0.272 e. The van der Waals surface area contributed by atoms with E-state index in [1.165, 1.54) is 0 Å². The first-order valence-corrected chi connectivity index (χ1v) is 11.7. The number of fused-ring (bicyclic) bond motifs is 1. The van der Waals surface area contributed by atoms with Gasteiger partial charge in [-0.15, -0.1) is 0 Å². The van der Waals surface area contributed by atoms with E-state index >= 15 is 0 Å². The molecule has 0 saturated heterocycles. The molecule has 0 aliphatic carbocycles. The van der Waals surface area contributed by atoms with Crippen LogP contribution in [0.25, 0.3) is 0 Å². The highest BCUT2D eigenvalue weighted by molar-refractivity contribution is 7.80. The number of rotatable bonds is 6. The second-order valence-corrected chi connectivity index (χ2v) is 8.67. The summed E-state index contributed by atoms with van der Waals surface area (Å²) in [6.07, 6.45) is -0.924. The third kappa shape index (κ3) is 5.39. The molecule has 1 atom stereocenters. The predicted octanol–water partition coefficient (Wildman–Crippen LogP) is 4.16. The summed E-state index contributed by atoms with van der Waals surface area (Å²) < 4.78 is 10.6. The average molecular weight is 509 g/mol. The minimum atomic E-state index is -0.924. The molecule has 1 aliphatic heterocycles. The molecule has 1 amide bonds. The van der Waals surface area contributed by atoms with Crippen molar-refractivity contribution in [3.05, 3.63) is 88.4 Å². The third-order valence-corrected chi connectivity index (χ3v) is 6.11. The largest absolute Gasteiger partial charge is 0.493 e. The second-order valence-electron chi connectivity index (χ2n) is 7.82. The molecule has 0 radical (unpaired) electrons. The summed E-state index contributed by atoms with van der Waals surface area (Å²) >= 11 is 11.8. The zero-order chi connectivity index (χ0) is 24.9. The van der Waals surface area contributed by atoms with Crippen LogP contribution >= 0.6 is 23.8 Å². The number of hydrogen-bond donors (Lipinski definition) is 2. The van der Waals surface area contributed by atoms with Gasteiger partial charge in [-0.05, 0) is 48.1 Å². The standard InChI is InChI=1S/C26H25ClN4O3S/c1-31-20-11-10-18(27)14-19(20)23(17-7-5-4-6-8-17)29-24(25(31)32)30-26(35)28-15-16-9-12-21(33-2)22(13-16)34-3/h4-14,24H,15H2,1-3H3,(H2,28,30,35). The van der Waals surface area contributed by atoms with Crippen molar-refractivity contribution < 1.29 is 14.3 Å². The number of nitrogens with one attached hydrogen (secondary N) is 2. The molecule has 0 saturated carbocycles. The van der Waals surface area contributed by atoms with Gasteiger partial charge in [0.15, 0.2) is 16.6 Å². The number of amides is 1. The van der Waals surface area contributed by atoms with Crippen molar-refractivity contribution in [1.29, 1.82) is 0 Å². The Morgan fingerprint density at radius 1 is 1.06 bits per heavy atom. The van der Waals surface area contributed by atoms with E-state index in [4.69, 9.17) is 38.3 Å². The first-order valence-electron chi connectivity index (χ1n) is 10.9. The Morgan fingerprint density at radius 2 is 1.80 bits per heavy atom. The fourth-order valence-electron chi connectivity index (χ4n) is 3.81. The second kappa shape index (κ2) is 10.8. The molecule has 35 heavy (non-hydrogen) atoms. The van der Waals surface area contributed by atoms with Crippen molar-refractivity contribution in [1.82, 2.24) is 10.6 Å². The van der Waals surface area contributed by atoms with Crippen LogP contribution in [0.3, 0.4) is 0 Å². The Morgan fingerprint density at radius 3 is 2.51 bits per heavy atom. The Balaban J connectivity index is 1.59. The molecule has 0 fully saturated rings. The van der Waals surface area contributed by atoms with Crippen LogP contribution in [0.2, 0.25) is 5.02 Å². The summed E-state index contributed by atoms with van der Waals surface area (Å²) in [6.45, 7) is 0.425. The zero-order valence-corrected chi connectivity index (χ0v) is 21.1. The van der Waals surface area contributed by atoms with Crippen molar-refractivity contribution in [2.24, 2.45) is 4.99 Å². The summed E-state index contributed by atoms with van der Waals surface area (Å²) in [5, 5.41) is 7.06. The monoisotopic (exact) mass is 508 g/mol. The maximum atomic E-state index is 13.3. The van der Waals surface area contributed by atoms with Crippen molar-refractivity contribution >= 4 is 46.2 Å². The van der Waals surface area contributed by atoms with Gasteiger partial charge >= 0.3 is 0 Å². The van der Waals surface area contributed by atoms with Gasteiger partial charge < -0.3 is 25.0 Å². The van der Waals surface area contributed by atoms with Gasteiger partial charge in [0.1, 0.15) is 0 Å². The SMILES string of the molecule is COc1ccc(CNC(=S)NC2N=C(c3ccccc3)c3cc(Cl)ccc3N(C)C2=O)cc1OC. The van der Waals surface area contributed by atoms with Crippen LogP contribution < -0.4 is 25.0 Å². The Hall–Kier alpha value is -3.62. The predicted molar refractivity (Wildman–Crippen MR) is 143 cm³/mol. The van der Waals surface area contributed by atoms with E-state index in [-0.39, 0.29) is 5.91 Å². The van der Waals surface area contributed by atoms with E-state index in [1.54, 1.807) is 32.2 Å². The third-order valence-electron chi connectivity index (χ3n) is 5.61. The lowest BCUT2D eigenvalue weighted by atomic mass is 10.0. The number of carbonyl (C=O) groups is 1. The number of nitrogens with zero attached hydrogens (tertiary/aromatic N) is 2. The summed E-state index contributed by atoms with van der Waals surface area (Å²) in [5.74, 6) is 1.03. The normalized spacial score (nSPS) is 15.0. The van der Waals surface area contributed by atoms with Gasteiger partial charge in [-0.1, -0.05) is 48.0 Å². The molecule has 0 spiro atoms. The van der Waals surface area contributed by atoms with Crippen LogP contribution in [0.4, 0.5) is 5.69 Å². The lowest BCUT2D eigenvalue weighted by Crippen LogP contribution is -2.49. The molecule has 3 aromatic rings. The number of carbonyl (C=O) groups excluding carboxylic acids is 1. The Labute approximate surface area is 214 Å².